The highest BCUT2D eigenvalue weighted by atomic mass is 35.5. The minimum atomic E-state index is -1.07. The minimum Gasteiger partial charge on any atom is -0.320 e. The lowest BCUT2D eigenvalue weighted by atomic mass is 10.1. The van der Waals surface area contributed by atoms with Gasteiger partial charge in [-0.2, -0.15) is 4.39 Å². The molecule has 0 bridgehead atoms. The summed E-state index contributed by atoms with van der Waals surface area (Å²) in [6.45, 7) is 1.76. The number of aryl methyl sites for hydroxylation is 1. The number of nitrogens with one attached hydrogen (secondary N) is 1. The predicted molar refractivity (Wildman–Crippen MR) is 77.2 cm³/mol. The van der Waals surface area contributed by atoms with E-state index in [4.69, 9.17) is 11.6 Å². The molecule has 0 spiro atoms. The molecule has 7 heteroatoms. The third-order valence-electron chi connectivity index (χ3n) is 2.87. The predicted octanol–water partition coefficient (Wildman–Crippen LogP) is 3.95. The Balaban J connectivity index is 2.29. The van der Waals surface area contributed by atoms with Gasteiger partial charge in [-0.1, -0.05) is 23.7 Å². The maximum absolute atomic E-state index is 13.5. The van der Waals surface area contributed by atoms with E-state index >= 15 is 0 Å². The van der Waals surface area contributed by atoms with E-state index in [1.165, 1.54) is 6.07 Å². The Bertz CT molecular complexity index is 714. The van der Waals surface area contributed by atoms with Gasteiger partial charge in [0.25, 0.3) is 5.91 Å². The third kappa shape index (κ3) is 3.17. The van der Waals surface area contributed by atoms with Crippen LogP contribution in [0.15, 0.2) is 36.4 Å². The number of nitrogens with zero attached hydrogens (tertiary/aromatic N) is 1. The molecule has 0 unspecified atom stereocenters. The molecule has 0 atom stereocenters. The zero-order valence-corrected chi connectivity index (χ0v) is 11.6. The molecule has 0 heterocycles. The molecule has 5 nitrogen and oxygen atoms in total. The van der Waals surface area contributed by atoms with Crippen molar-refractivity contribution >= 4 is 28.9 Å². The molecular formula is C14H10ClFN2O3. The Morgan fingerprint density at radius 2 is 2.05 bits per heavy atom. The van der Waals surface area contributed by atoms with E-state index in [9.17, 15) is 19.3 Å². The highest BCUT2D eigenvalue weighted by molar-refractivity contribution is 6.34. The van der Waals surface area contributed by atoms with Crippen LogP contribution in [0.2, 0.25) is 5.02 Å². The Hall–Kier alpha value is -2.47. The quantitative estimate of drug-likeness (QED) is 0.689. The first-order valence-corrected chi connectivity index (χ1v) is 6.28. The van der Waals surface area contributed by atoms with Crippen molar-refractivity contribution in [2.75, 3.05) is 5.32 Å². The molecule has 2 aromatic rings. The molecule has 0 fully saturated rings. The van der Waals surface area contributed by atoms with Gasteiger partial charge in [-0.05, 0) is 30.7 Å². The number of hydrogen-bond donors (Lipinski definition) is 1. The number of carbonyl (C=O) groups is 1. The van der Waals surface area contributed by atoms with E-state index in [1.54, 1.807) is 25.1 Å². The zero-order chi connectivity index (χ0) is 15.6. The van der Waals surface area contributed by atoms with Gasteiger partial charge < -0.3 is 5.32 Å². The molecule has 108 valence electrons. The number of para-hydroxylation sites is 1. The highest BCUT2D eigenvalue weighted by Crippen LogP contribution is 2.26. The Morgan fingerprint density at radius 3 is 2.62 bits per heavy atom. The monoisotopic (exact) mass is 308 g/mol. The van der Waals surface area contributed by atoms with Crippen LogP contribution in [0.25, 0.3) is 0 Å². The van der Waals surface area contributed by atoms with Crippen LogP contribution in [0.5, 0.6) is 0 Å². The fraction of sp³-hybridized carbons (Fsp3) is 0.0714. The number of anilines is 1. The molecule has 1 amide bonds. The Morgan fingerprint density at radius 1 is 1.33 bits per heavy atom. The maximum Gasteiger partial charge on any atom is 0.304 e. The number of hydrogen-bond acceptors (Lipinski definition) is 3. The van der Waals surface area contributed by atoms with E-state index < -0.39 is 22.3 Å². The Kier molecular flexibility index (Phi) is 4.18. The molecule has 2 aromatic carbocycles. The van der Waals surface area contributed by atoms with E-state index in [-0.39, 0.29) is 5.56 Å². The number of benzene rings is 2. The molecule has 0 saturated heterocycles. The summed E-state index contributed by atoms with van der Waals surface area (Å²) in [7, 11) is 0. The number of nitro benzene ring substituents is 1. The van der Waals surface area contributed by atoms with E-state index in [2.05, 4.69) is 5.32 Å². The standard InChI is InChI=1S/C14H10ClFN2O3/c1-8-3-2-4-10(15)13(8)17-14(19)9-5-6-12(18(20)21)11(16)7-9/h2-7H,1H3,(H,17,19). The summed E-state index contributed by atoms with van der Waals surface area (Å²) >= 11 is 5.98. The lowest BCUT2D eigenvalue weighted by Crippen LogP contribution is -2.13. The van der Waals surface area contributed by atoms with Gasteiger partial charge in [0, 0.05) is 11.6 Å². The summed E-state index contributed by atoms with van der Waals surface area (Å²) < 4.78 is 13.5. The summed E-state index contributed by atoms with van der Waals surface area (Å²) in [6, 6.07) is 8.06. The van der Waals surface area contributed by atoms with Crippen molar-refractivity contribution in [3.05, 3.63) is 68.5 Å². The fourth-order valence-electron chi connectivity index (χ4n) is 1.77. The molecule has 0 saturated carbocycles. The van der Waals surface area contributed by atoms with Crippen molar-refractivity contribution in [2.45, 2.75) is 6.92 Å². The molecule has 21 heavy (non-hydrogen) atoms. The molecular weight excluding hydrogens is 299 g/mol. The molecule has 0 radical (unpaired) electrons. The zero-order valence-electron chi connectivity index (χ0n) is 10.9. The average molecular weight is 309 g/mol. The lowest BCUT2D eigenvalue weighted by molar-refractivity contribution is -0.387. The minimum absolute atomic E-state index is 0.0302. The number of nitro groups is 1. The van der Waals surface area contributed by atoms with Crippen molar-refractivity contribution in [1.82, 2.24) is 0 Å². The normalized spacial score (nSPS) is 10.2. The first-order chi connectivity index (χ1) is 9.90. The van der Waals surface area contributed by atoms with Crippen molar-refractivity contribution < 1.29 is 14.1 Å². The van der Waals surface area contributed by atoms with Gasteiger partial charge in [0.15, 0.2) is 0 Å². The van der Waals surface area contributed by atoms with Gasteiger partial charge in [-0.15, -0.1) is 0 Å². The van der Waals surface area contributed by atoms with Gasteiger partial charge in [-0.3, -0.25) is 14.9 Å². The third-order valence-corrected chi connectivity index (χ3v) is 3.18. The number of amides is 1. The summed E-state index contributed by atoms with van der Waals surface area (Å²) in [5.74, 6) is -1.66. The first kappa shape index (κ1) is 14.9. The topological polar surface area (TPSA) is 72.2 Å². The van der Waals surface area contributed by atoms with Crippen LogP contribution in [0, 0.1) is 22.9 Å². The summed E-state index contributed by atoms with van der Waals surface area (Å²) in [6.07, 6.45) is 0. The van der Waals surface area contributed by atoms with Gasteiger partial charge in [-0.25, -0.2) is 0 Å². The molecule has 2 rings (SSSR count). The van der Waals surface area contributed by atoms with Crippen molar-refractivity contribution in [1.29, 1.82) is 0 Å². The number of carbonyl (C=O) groups excluding carboxylic acids is 1. The number of halogens is 2. The Labute approximate surface area is 124 Å². The van der Waals surface area contributed by atoms with E-state index in [0.717, 1.165) is 17.7 Å². The summed E-state index contributed by atoms with van der Waals surface area (Å²) in [5.41, 5.74) is 0.457. The van der Waals surface area contributed by atoms with Crippen molar-refractivity contribution in [3.8, 4) is 0 Å². The van der Waals surface area contributed by atoms with Gasteiger partial charge in [0.2, 0.25) is 5.82 Å². The second-order valence-electron chi connectivity index (χ2n) is 4.31. The smallest absolute Gasteiger partial charge is 0.304 e. The molecule has 0 aromatic heterocycles. The van der Waals surface area contributed by atoms with Gasteiger partial charge >= 0.3 is 5.69 Å². The van der Waals surface area contributed by atoms with Crippen LogP contribution in [0.4, 0.5) is 15.8 Å². The summed E-state index contributed by atoms with van der Waals surface area (Å²) in [4.78, 5) is 21.7. The van der Waals surface area contributed by atoms with E-state index in [0.29, 0.717) is 10.7 Å². The highest BCUT2D eigenvalue weighted by Gasteiger charge is 2.17. The SMILES string of the molecule is Cc1cccc(Cl)c1NC(=O)c1ccc([N+](=O)[O-])c(F)c1. The maximum atomic E-state index is 13.5. The van der Waals surface area contributed by atoms with Crippen LogP contribution in [0.3, 0.4) is 0 Å². The molecule has 0 aliphatic heterocycles. The summed E-state index contributed by atoms with van der Waals surface area (Å²) in [5, 5.41) is 13.4. The fourth-order valence-corrected chi connectivity index (χ4v) is 2.04. The first-order valence-electron chi connectivity index (χ1n) is 5.90. The largest absolute Gasteiger partial charge is 0.320 e. The van der Waals surface area contributed by atoms with Crippen LogP contribution in [-0.4, -0.2) is 10.8 Å². The lowest BCUT2D eigenvalue weighted by Gasteiger charge is -2.10. The average Bonchev–Trinajstić information content (AvgIpc) is 2.42. The molecule has 0 aliphatic carbocycles. The van der Waals surface area contributed by atoms with Crippen molar-refractivity contribution in [2.24, 2.45) is 0 Å². The van der Waals surface area contributed by atoms with Crippen LogP contribution < -0.4 is 5.32 Å². The van der Waals surface area contributed by atoms with E-state index in [1.807, 2.05) is 0 Å². The van der Waals surface area contributed by atoms with Crippen molar-refractivity contribution in [3.63, 3.8) is 0 Å². The van der Waals surface area contributed by atoms with Gasteiger partial charge in [0.05, 0.1) is 15.6 Å². The van der Waals surface area contributed by atoms with Crippen LogP contribution >= 0.6 is 11.6 Å². The second-order valence-corrected chi connectivity index (χ2v) is 4.72. The second kappa shape index (κ2) is 5.88. The van der Waals surface area contributed by atoms with Crippen LogP contribution in [0.1, 0.15) is 15.9 Å². The number of rotatable bonds is 3. The van der Waals surface area contributed by atoms with Gasteiger partial charge in [0.1, 0.15) is 0 Å². The molecule has 0 aliphatic rings. The molecule has 1 N–H and O–H groups in total. The van der Waals surface area contributed by atoms with Crippen LogP contribution in [-0.2, 0) is 0 Å².